The second kappa shape index (κ2) is 6.68. The van der Waals surface area contributed by atoms with Crippen LogP contribution in [0, 0.1) is 0 Å². The van der Waals surface area contributed by atoms with Crippen molar-refractivity contribution in [2.75, 3.05) is 30.9 Å². The standard InChI is InChI=1S/C16H22N6O/c1-21(2)14-7-6-12(11-19-14)20-16(23)22-10-4-3-5-13(22)15-17-8-9-18-15/h6-9,11,13H,3-5,10H2,1-2H3,(H,17,18)(H,20,23)/t13-/m0/s1. The van der Waals surface area contributed by atoms with Crippen molar-refractivity contribution in [3.05, 3.63) is 36.5 Å². The van der Waals surface area contributed by atoms with E-state index in [0.29, 0.717) is 5.69 Å². The number of rotatable bonds is 3. The molecule has 1 aliphatic heterocycles. The van der Waals surface area contributed by atoms with Gasteiger partial charge >= 0.3 is 6.03 Å². The normalized spacial score (nSPS) is 17.8. The van der Waals surface area contributed by atoms with Crippen LogP contribution in [0.2, 0.25) is 0 Å². The molecule has 0 bridgehead atoms. The molecule has 0 spiro atoms. The number of hydrogen-bond acceptors (Lipinski definition) is 4. The minimum Gasteiger partial charge on any atom is -0.363 e. The van der Waals surface area contributed by atoms with Gasteiger partial charge in [-0.05, 0) is 31.4 Å². The zero-order valence-corrected chi connectivity index (χ0v) is 13.5. The van der Waals surface area contributed by atoms with Gasteiger partial charge < -0.3 is 20.1 Å². The third kappa shape index (κ3) is 3.44. The number of carbonyl (C=O) groups excluding carboxylic acids is 1. The van der Waals surface area contributed by atoms with Gasteiger partial charge in [-0.25, -0.2) is 14.8 Å². The van der Waals surface area contributed by atoms with Crippen molar-refractivity contribution < 1.29 is 4.79 Å². The second-order valence-corrected chi connectivity index (χ2v) is 5.91. The number of pyridine rings is 1. The Morgan fingerprint density at radius 2 is 2.22 bits per heavy atom. The Hall–Kier alpha value is -2.57. The molecule has 3 rings (SSSR count). The van der Waals surface area contributed by atoms with Crippen LogP contribution in [0.1, 0.15) is 31.1 Å². The number of H-pyrrole nitrogens is 1. The number of piperidine rings is 1. The third-order valence-electron chi connectivity index (χ3n) is 4.06. The van der Waals surface area contributed by atoms with Gasteiger partial charge in [0.15, 0.2) is 0 Å². The predicted octanol–water partition coefficient (Wildman–Crippen LogP) is 2.63. The van der Waals surface area contributed by atoms with E-state index in [2.05, 4.69) is 20.3 Å². The highest BCUT2D eigenvalue weighted by atomic mass is 16.2. The van der Waals surface area contributed by atoms with Crippen LogP contribution >= 0.6 is 0 Å². The Morgan fingerprint density at radius 1 is 1.35 bits per heavy atom. The first-order valence-electron chi connectivity index (χ1n) is 7.85. The molecule has 1 saturated heterocycles. The number of nitrogens with zero attached hydrogens (tertiary/aromatic N) is 4. The van der Waals surface area contributed by atoms with Gasteiger partial charge in [-0.15, -0.1) is 0 Å². The Kier molecular flexibility index (Phi) is 4.45. The van der Waals surface area contributed by atoms with Crippen LogP contribution < -0.4 is 10.2 Å². The fraction of sp³-hybridized carbons (Fsp3) is 0.438. The van der Waals surface area contributed by atoms with E-state index < -0.39 is 0 Å². The number of likely N-dealkylation sites (tertiary alicyclic amines) is 1. The Bertz CT molecular complexity index is 637. The summed E-state index contributed by atoms with van der Waals surface area (Å²) in [7, 11) is 3.87. The van der Waals surface area contributed by atoms with Crippen molar-refractivity contribution in [2.24, 2.45) is 0 Å². The summed E-state index contributed by atoms with van der Waals surface area (Å²) in [6.07, 6.45) is 8.25. The van der Waals surface area contributed by atoms with Gasteiger partial charge in [0, 0.05) is 33.0 Å². The topological polar surface area (TPSA) is 77.2 Å². The number of aromatic nitrogens is 3. The molecule has 0 aromatic carbocycles. The van der Waals surface area contributed by atoms with E-state index in [-0.39, 0.29) is 12.1 Å². The van der Waals surface area contributed by atoms with Crippen molar-refractivity contribution in [3.63, 3.8) is 0 Å². The van der Waals surface area contributed by atoms with Crippen molar-refractivity contribution in [1.82, 2.24) is 19.9 Å². The molecule has 122 valence electrons. The van der Waals surface area contributed by atoms with Crippen LogP contribution in [0.5, 0.6) is 0 Å². The highest BCUT2D eigenvalue weighted by Gasteiger charge is 2.29. The van der Waals surface area contributed by atoms with E-state index in [9.17, 15) is 4.79 Å². The number of hydrogen-bond donors (Lipinski definition) is 2. The summed E-state index contributed by atoms with van der Waals surface area (Å²) in [5, 5.41) is 2.93. The monoisotopic (exact) mass is 314 g/mol. The number of imidazole rings is 1. The van der Waals surface area contributed by atoms with Gasteiger partial charge in [-0.2, -0.15) is 0 Å². The van der Waals surface area contributed by atoms with E-state index in [1.54, 1.807) is 18.6 Å². The highest BCUT2D eigenvalue weighted by Crippen LogP contribution is 2.29. The quantitative estimate of drug-likeness (QED) is 0.913. The largest absolute Gasteiger partial charge is 0.363 e. The molecule has 1 aliphatic rings. The molecule has 0 radical (unpaired) electrons. The zero-order chi connectivity index (χ0) is 16.2. The van der Waals surface area contributed by atoms with E-state index in [1.807, 2.05) is 36.0 Å². The van der Waals surface area contributed by atoms with E-state index in [0.717, 1.165) is 37.4 Å². The lowest BCUT2D eigenvalue weighted by Gasteiger charge is -2.34. The molecule has 1 atom stereocenters. The molecule has 7 nitrogen and oxygen atoms in total. The number of urea groups is 1. The maximum Gasteiger partial charge on any atom is 0.322 e. The van der Waals surface area contributed by atoms with Gasteiger partial charge in [0.2, 0.25) is 0 Å². The molecule has 3 heterocycles. The molecule has 2 N–H and O–H groups in total. The number of aromatic amines is 1. The van der Waals surface area contributed by atoms with Gasteiger partial charge in [-0.1, -0.05) is 0 Å². The Morgan fingerprint density at radius 3 is 2.87 bits per heavy atom. The predicted molar refractivity (Wildman–Crippen MR) is 89.5 cm³/mol. The van der Waals surface area contributed by atoms with Gasteiger partial charge in [0.25, 0.3) is 0 Å². The summed E-state index contributed by atoms with van der Waals surface area (Å²) in [5.74, 6) is 1.70. The first-order chi connectivity index (χ1) is 11.1. The maximum atomic E-state index is 12.6. The van der Waals surface area contributed by atoms with Crippen LogP contribution in [0.3, 0.4) is 0 Å². The minimum atomic E-state index is -0.106. The van der Waals surface area contributed by atoms with Gasteiger partial charge in [-0.3, -0.25) is 0 Å². The zero-order valence-electron chi connectivity index (χ0n) is 13.5. The molecule has 0 aliphatic carbocycles. The maximum absolute atomic E-state index is 12.6. The molecule has 7 heteroatoms. The Balaban J connectivity index is 1.70. The molecule has 23 heavy (non-hydrogen) atoms. The number of anilines is 2. The minimum absolute atomic E-state index is 0.00718. The SMILES string of the molecule is CN(C)c1ccc(NC(=O)N2CCCC[C@H]2c2ncc[nH]2)cn1. The van der Waals surface area contributed by atoms with Gasteiger partial charge in [0.1, 0.15) is 11.6 Å². The number of nitrogens with one attached hydrogen (secondary N) is 2. The van der Waals surface area contributed by atoms with Crippen molar-refractivity contribution in [1.29, 1.82) is 0 Å². The summed E-state index contributed by atoms with van der Waals surface area (Å²) in [5.41, 5.74) is 0.698. The fourth-order valence-electron chi connectivity index (χ4n) is 2.84. The molecule has 1 fully saturated rings. The van der Waals surface area contributed by atoms with Crippen molar-refractivity contribution >= 4 is 17.5 Å². The first kappa shape index (κ1) is 15.3. The summed E-state index contributed by atoms with van der Waals surface area (Å²) < 4.78 is 0. The summed E-state index contributed by atoms with van der Waals surface area (Å²) in [6.45, 7) is 0.737. The first-order valence-corrected chi connectivity index (χ1v) is 7.85. The third-order valence-corrected chi connectivity index (χ3v) is 4.06. The highest BCUT2D eigenvalue weighted by molar-refractivity contribution is 5.89. The fourth-order valence-corrected chi connectivity index (χ4v) is 2.84. The van der Waals surface area contributed by atoms with Crippen LogP contribution in [-0.2, 0) is 0 Å². The Labute approximate surface area is 135 Å². The lowest BCUT2D eigenvalue weighted by molar-refractivity contribution is 0.160. The molecule has 2 aromatic rings. The van der Waals surface area contributed by atoms with E-state index in [1.165, 1.54) is 0 Å². The summed E-state index contributed by atoms with van der Waals surface area (Å²) in [6, 6.07) is 3.65. The second-order valence-electron chi connectivity index (χ2n) is 5.91. The summed E-state index contributed by atoms with van der Waals surface area (Å²) >= 11 is 0. The van der Waals surface area contributed by atoms with Crippen molar-refractivity contribution in [3.8, 4) is 0 Å². The molecule has 0 unspecified atom stereocenters. The van der Waals surface area contributed by atoms with Crippen LogP contribution in [0.25, 0.3) is 0 Å². The molecule has 2 aromatic heterocycles. The molecule has 0 saturated carbocycles. The number of carbonyl (C=O) groups is 1. The van der Waals surface area contributed by atoms with E-state index in [4.69, 9.17) is 0 Å². The van der Waals surface area contributed by atoms with E-state index >= 15 is 0 Å². The van der Waals surface area contributed by atoms with Crippen LogP contribution in [-0.4, -0.2) is 46.5 Å². The van der Waals surface area contributed by atoms with Gasteiger partial charge in [0.05, 0.1) is 17.9 Å². The van der Waals surface area contributed by atoms with Crippen LogP contribution in [0.4, 0.5) is 16.3 Å². The smallest absolute Gasteiger partial charge is 0.322 e. The molecular formula is C16H22N6O. The number of amides is 2. The van der Waals surface area contributed by atoms with Crippen LogP contribution in [0.15, 0.2) is 30.7 Å². The lowest BCUT2D eigenvalue weighted by Crippen LogP contribution is -2.41. The molecular weight excluding hydrogens is 292 g/mol. The van der Waals surface area contributed by atoms with Crippen molar-refractivity contribution in [2.45, 2.75) is 25.3 Å². The molecule has 2 amide bonds. The summed E-state index contributed by atoms with van der Waals surface area (Å²) in [4.78, 5) is 28.2. The average molecular weight is 314 g/mol. The lowest BCUT2D eigenvalue weighted by atomic mass is 10.0. The average Bonchev–Trinajstić information content (AvgIpc) is 3.09.